The number of anilines is 6. The van der Waals surface area contributed by atoms with Gasteiger partial charge in [0.2, 0.25) is 0 Å². The van der Waals surface area contributed by atoms with Gasteiger partial charge >= 0.3 is 14.2 Å². The van der Waals surface area contributed by atoms with E-state index in [1.807, 2.05) is 24.3 Å². The number of hydrogen-bond donors (Lipinski definition) is 0. The molecule has 6 aromatic carbocycles. The Kier molecular flexibility index (Phi) is 10.5. The average Bonchev–Trinajstić information content (AvgIpc) is 3.78. The van der Waals surface area contributed by atoms with Gasteiger partial charge in [-0.05, 0) is 236 Å². The Hall–Kier alpha value is -5.25. The molecular weight excluding hydrogens is 836 g/mol. The lowest BCUT2D eigenvalue weighted by Crippen LogP contribution is -2.41. The second-order valence-electron chi connectivity index (χ2n) is 21.4. The van der Waals surface area contributed by atoms with Gasteiger partial charge in [-0.2, -0.15) is 8.78 Å². The molecule has 0 N–H and O–H groups in total. The molecule has 2 saturated heterocycles. The number of alkyl halides is 2. The molecule has 0 aromatic heterocycles. The second-order valence-corrected chi connectivity index (χ2v) is 21.4. The number of halogens is 2. The molecule has 0 amide bonds. The fourth-order valence-electron chi connectivity index (χ4n) is 10.6. The van der Waals surface area contributed by atoms with Crippen molar-refractivity contribution in [2.24, 2.45) is 0 Å². The normalized spacial score (nSPS) is 20.2. The van der Waals surface area contributed by atoms with Gasteiger partial charge in [0.25, 0.3) is 5.92 Å². The molecule has 2 fully saturated rings. The van der Waals surface area contributed by atoms with Gasteiger partial charge in [0.15, 0.2) is 0 Å². The second kappa shape index (κ2) is 15.9. The van der Waals surface area contributed by atoms with Gasteiger partial charge in [0.1, 0.15) is 0 Å². The molecule has 0 radical (unpaired) electrons. The van der Waals surface area contributed by atoms with Crippen molar-refractivity contribution >= 4 is 59.3 Å². The van der Waals surface area contributed by atoms with E-state index in [2.05, 4.69) is 150 Å². The van der Waals surface area contributed by atoms with Gasteiger partial charge in [-0.1, -0.05) is 36.4 Å². The average molecular weight is 897 g/mol. The van der Waals surface area contributed by atoms with Crippen molar-refractivity contribution < 1.29 is 27.4 Å². The highest BCUT2D eigenvalue weighted by molar-refractivity contribution is 6.62. The quantitative estimate of drug-likeness (QED) is 0.142. The number of hydrogen-bond acceptors (Lipinski definition) is 6. The van der Waals surface area contributed by atoms with Crippen LogP contribution in [0.25, 0.3) is 11.1 Å². The summed E-state index contributed by atoms with van der Waals surface area (Å²) in [6, 6.07) is 40.9. The highest BCUT2D eigenvalue weighted by Gasteiger charge is 2.53. The SMILES string of the molecule is CC1(C)OB(c2ccc(N(c3ccc4c(c3)CCCC4)c3ccc4c(c3)-c3cc(N(c5ccc(B6OC(C)(C)C(C)(C)O6)cc5)c5ccc6c(c5)CCCC6)ccc3C4(F)F)cc2)OC1(C)C. The van der Waals surface area contributed by atoms with Gasteiger partial charge in [-0.25, -0.2) is 0 Å². The maximum absolute atomic E-state index is 16.8. The number of rotatable bonds is 8. The first-order valence-electron chi connectivity index (χ1n) is 24.3. The number of nitrogens with zero attached hydrogens (tertiary/aromatic N) is 2. The summed E-state index contributed by atoms with van der Waals surface area (Å²) in [4.78, 5) is 4.40. The summed E-state index contributed by atoms with van der Waals surface area (Å²) in [7, 11) is -1.00. The molecule has 0 bridgehead atoms. The molecule has 11 rings (SSSR count). The van der Waals surface area contributed by atoms with Crippen LogP contribution in [0.4, 0.5) is 42.9 Å². The first-order valence-corrected chi connectivity index (χ1v) is 24.3. The van der Waals surface area contributed by atoms with E-state index in [-0.39, 0.29) is 11.1 Å². The largest absolute Gasteiger partial charge is 0.494 e. The fourth-order valence-corrected chi connectivity index (χ4v) is 10.6. The van der Waals surface area contributed by atoms with Crippen molar-refractivity contribution in [3.63, 3.8) is 0 Å². The standard InChI is InChI=1S/C57H60B2F2N2O4/c1-53(2)54(3,4)65-58(64-53)41-19-25-43(26-20-41)62(45-23-17-37-13-9-11-15-39(37)33-45)47-29-31-51-49(35-47)50-36-48(30-32-52(50)57(51,60)61)63(46-24-18-38-14-10-12-16-40(38)34-46)44-27-21-42(22-28-44)59-66-55(5,6)56(7,8)67-59/h17-36H,9-16H2,1-8H3. The Bertz CT molecular complexity index is 2670. The minimum absolute atomic E-state index is 0.0111. The van der Waals surface area contributed by atoms with Crippen LogP contribution in [-0.2, 0) is 50.2 Å². The van der Waals surface area contributed by atoms with E-state index in [1.165, 1.54) is 35.1 Å². The van der Waals surface area contributed by atoms with Crippen LogP contribution in [-0.4, -0.2) is 36.6 Å². The third-order valence-electron chi connectivity index (χ3n) is 16.0. The molecule has 5 aliphatic rings. The predicted molar refractivity (Wildman–Crippen MR) is 269 cm³/mol. The van der Waals surface area contributed by atoms with E-state index in [0.29, 0.717) is 11.1 Å². The van der Waals surface area contributed by atoms with Crippen LogP contribution in [0, 0.1) is 0 Å². The summed E-state index contributed by atoms with van der Waals surface area (Å²) in [5, 5.41) is 0. The van der Waals surface area contributed by atoms with Crippen LogP contribution in [0.3, 0.4) is 0 Å². The van der Waals surface area contributed by atoms with Crippen LogP contribution in [0.1, 0.15) is 114 Å². The molecule has 0 spiro atoms. The Morgan fingerprint density at radius 1 is 0.373 bits per heavy atom. The van der Waals surface area contributed by atoms with Crippen molar-refractivity contribution in [3.8, 4) is 11.1 Å². The van der Waals surface area contributed by atoms with Gasteiger partial charge in [-0.15, -0.1) is 0 Å². The molecular formula is C57H60B2F2N2O4. The zero-order valence-electron chi connectivity index (χ0n) is 40.1. The fraction of sp³-hybridized carbons (Fsp3) is 0.368. The van der Waals surface area contributed by atoms with Crippen molar-refractivity contribution in [2.75, 3.05) is 9.80 Å². The molecule has 67 heavy (non-hydrogen) atoms. The molecule has 6 aromatic rings. The van der Waals surface area contributed by atoms with Crippen LogP contribution >= 0.6 is 0 Å². The summed E-state index contributed by atoms with van der Waals surface area (Å²) < 4.78 is 59.2. The highest BCUT2D eigenvalue weighted by Crippen LogP contribution is 2.54. The van der Waals surface area contributed by atoms with Gasteiger partial charge < -0.3 is 28.4 Å². The van der Waals surface area contributed by atoms with Gasteiger partial charge in [0.05, 0.1) is 22.4 Å². The van der Waals surface area contributed by atoms with E-state index < -0.39 is 42.6 Å². The monoisotopic (exact) mass is 896 g/mol. The van der Waals surface area contributed by atoms with Gasteiger partial charge in [-0.3, -0.25) is 0 Å². The predicted octanol–water partition coefficient (Wildman–Crippen LogP) is 13.1. The Morgan fingerprint density at radius 2 is 0.672 bits per heavy atom. The molecule has 0 saturated carbocycles. The molecule has 2 heterocycles. The van der Waals surface area contributed by atoms with Crippen LogP contribution < -0.4 is 20.7 Å². The van der Waals surface area contributed by atoms with E-state index in [1.54, 1.807) is 12.1 Å². The minimum Gasteiger partial charge on any atom is -0.399 e. The molecule has 0 unspecified atom stereocenters. The number of benzene rings is 6. The third-order valence-corrected chi connectivity index (χ3v) is 16.0. The van der Waals surface area contributed by atoms with E-state index >= 15 is 8.78 Å². The lowest BCUT2D eigenvalue weighted by molar-refractivity contribution is 0.00578. The summed E-state index contributed by atoms with van der Waals surface area (Å²) >= 11 is 0. The van der Waals surface area contributed by atoms with Crippen LogP contribution in [0.15, 0.2) is 121 Å². The summed E-state index contributed by atoms with van der Waals surface area (Å²) in [6.07, 6.45) is 8.85. The lowest BCUT2D eigenvalue weighted by Gasteiger charge is -2.32. The zero-order valence-corrected chi connectivity index (χ0v) is 40.1. The Balaban J connectivity index is 1.00. The first-order chi connectivity index (χ1) is 31.9. The van der Waals surface area contributed by atoms with Gasteiger partial charge in [0, 0.05) is 45.3 Å². The van der Waals surface area contributed by atoms with Crippen molar-refractivity contribution in [1.29, 1.82) is 0 Å². The molecule has 2 aliphatic heterocycles. The maximum atomic E-state index is 16.8. The zero-order chi connectivity index (χ0) is 46.7. The first kappa shape index (κ1) is 44.3. The van der Waals surface area contributed by atoms with E-state index in [4.69, 9.17) is 18.6 Å². The van der Waals surface area contributed by atoms with Crippen molar-refractivity contribution in [3.05, 3.63) is 155 Å². The summed E-state index contributed by atoms with van der Waals surface area (Å²) in [5.74, 6) is -3.18. The molecule has 10 heteroatoms. The minimum atomic E-state index is -3.18. The molecule has 0 atom stereocenters. The highest BCUT2D eigenvalue weighted by atomic mass is 19.3. The molecule has 342 valence electrons. The van der Waals surface area contributed by atoms with Crippen molar-refractivity contribution in [2.45, 2.75) is 135 Å². The molecule has 3 aliphatic carbocycles. The summed E-state index contributed by atoms with van der Waals surface area (Å²) in [5.41, 5.74) is 11.9. The summed E-state index contributed by atoms with van der Waals surface area (Å²) in [6.45, 7) is 16.5. The van der Waals surface area contributed by atoms with Crippen LogP contribution in [0.2, 0.25) is 0 Å². The molecule has 6 nitrogen and oxygen atoms in total. The number of fused-ring (bicyclic) bond motifs is 5. The van der Waals surface area contributed by atoms with Crippen LogP contribution in [0.5, 0.6) is 0 Å². The van der Waals surface area contributed by atoms with Crippen molar-refractivity contribution in [1.82, 2.24) is 0 Å². The lowest BCUT2D eigenvalue weighted by atomic mass is 9.79. The van der Waals surface area contributed by atoms with E-state index in [9.17, 15) is 0 Å². The Morgan fingerprint density at radius 3 is 1.03 bits per heavy atom. The third kappa shape index (κ3) is 7.54. The smallest absolute Gasteiger partial charge is 0.399 e. The topological polar surface area (TPSA) is 43.4 Å². The number of aryl methyl sites for hydroxylation is 4. The Labute approximate surface area is 395 Å². The maximum Gasteiger partial charge on any atom is 0.494 e. The van der Waals surface area contributed by atoms with E-state index in [0.717, 1.165) is 83.6 Å².